The molecule has 1 aliphatic heterocycles. The lowest BCUT2D eigenvalue weighted by molar-refractivity contribution is -0.124. The number of hydrogen-bond donors (Lipinski definition) is 2. The van der Waals surface area contributed by atoms with Crippen molar-refractivity contribution in [3.63, 3.8) is 0 Å². The monoisotopic (exact) mass is 364 g/mol. The average Bonchev–Trinajstić information content (AvgIpc) is 2.98. The number of hydrogen-bond acceptors (Lipinski definition) is 5. The number of azo groups is 1. The summed E-state index contributed by atoms with van der Waals surface area (Å²) in [6.45, 7) is 1.51. The summed E-state index contributed by atoms with van der Waals surface area (Å²) in [6, 6.07) is 12.5. The number of nitrogens with one attached hydrogen (secondary N) is 1. The molecule has 8 heteroatoms. The zero-order valence-electron chi connectivity index (χ0n) is 14.5. The van der Waals surface area contributed by atoms with Gasteiger partial charge >= 0.3 is 0 Å². The van der Waals surface area contributed by atoms with Gasteiger partial charge in [0.25, 0.3) is 11.8 Å². The Labute approximate surface area is 154 Å². The van der Waals surface area contributed by atoms with Gasteiger partial charge in [-0.15, -0.1) is 10.2 Å². The fourth-order valence-electron chi connectivity index (χ4n) is 2.95. The number of amides is 2. The lowest BCUT2D eigenvalue weighted by Crippen LogP contribution is -2.41. The van der Waals surface area contributed by atoms with E-state index >= 15 is 0 Å². The summed E-state index contributed by atoms with van der Waals surface area (Å²) in [5.74, 6) is -0.392. The number of H-pyrrole nitrogens is 1. The number of aromatic hydroxyl groups is 1. The molecule has 4 rings (SSSR count). The average molecular weight is 364 g/mol. The molecule has 0 unspecified atom stereocenters. The molecule has 2 amide bonds. The van der Waals surface area contributed by atoms with E-state index in [0.717, 1.165) is 5.56 Å². The maximum Gasteiger partial charge on any atom is 0.284 e. The van der Waals surface area contributed by atoms with Gasteiger partial charge in [-0.1, -0.05) is 23.8 Å². The number of carbonyl (C=O) groups excluding carboxylic acids is 2. The van der Waals surface area contributed by atoms with Gasteiger partial charge in [-0.05, 0) is 31.2 Å². The topological polar surface area (TPSA) is 107 Å². The number of aromatic nitrogens is 1. The summed E-state index contributed by atoms with van der Waals surface area (Å²) in [6.07, 6.45) is 0. The van der Waals surface area contributed by atoms with E-state index in [1.165, 1.54) is 4.90 Å². The highest BCUT2D eigenvalue weighted by Crippen LogP contribution is 2.35. The summed E-state index contributed by atoms with van der Waals surface area (Å²) in [7, 11) is 0. The van der Waals surface area contributed by atoms with Crippen LogP contribution in [-0.4, -0.2) is 35.1 Å². The van der Waals surface area contributed by atoms with Crippen LogP contribution in [0.2, 0.25) is 0 Å². The molecule has 0 spiro atoms. The third kappa shape index (κ3) is 3.12. The van der Waals surface area contributed by atoms with Gasteiger partial charge in [0, 0.05) is 5.39 Å². The molecule has 2 aromatic carbocycles. The van der Waals surface area contributed by atoms with Gasteiger partial charge in [0.15, 0.2) is 18.2 Å². The van der Waals surface area contributed by atoms with Crippen LogP contribution in [0, 0.1) is 6.92 Å². The van der Waals surface area contributed by atoms with E-state index in [-0.39, 0.29) is 30.6 Å². The van der Waals surface area contributed by atoms with Crippen molar-refractivity contribution in [2.24, 2.45) is 10.2 Å². The minimum Gasteiger partial charge on any atom is -0.504 e. The molecule has 27 heavy (non-hydrogen) atoms. The van der Waals surface area contributed by atoms with Crippen molar-refractivity contribution in [2.75, 3.05) is 18.1 Å². The van der Waals surface area contributed by atoms with Crippen LogP contribution in [0.1, 0.15) is 5.56 Å². The molecule has 0 radical (unpaired) electrons. The van der Waals surface area contributed by atoms with Crippen molar-refractivity contribution in [1.29, 1.82) is 0 Å². The van der Waals surface area contributed by atoms with Crippen LogP contribution >= 0.6 is 0 Å². The van der Waals surface area contributed by atoms with Gasteiger partial charge in [-0.25, -0.2) is 0 Å². The molecule has 2 N–H and O–H groups in total. The van der Waals surface area contributed by atoms with E-state index in [1.54, 1.807) is 24.3 Å². The minimum absolute atomic E-state index is 0.0713. The summed E-state index contributed by atoms with van der Waals surface area (Å²) in [5, 5.41) is 18.3. The Morgan fingerprint density at radius 1 is 1.30 bits per heavy atom. The number of rotatable bonds is 3. The Hall–Kier alpha value is -3.68. The summed E-state index contributed by atoms with van der Waals surface area (Å²) in [4.78, 5) is 28.6. The molecular formula is C19H16N4O4. The number of nitrogens with zero attached hydrogens (tertiary/aromatic N) is 3. The molecule has 136 valence electrons. The number of para-hydroxylation sites is 2. The molecule has 3 aromatic rings. The Balaban J connectivity index is 1.55. The van der Waals surface area contributed by atoms with Crippen LogP contribution in [0.15, 0.2) is 52.7 Å². The lowest BCUT2D eigenvalue weighted by atomic mass is 10.2. The SMILES string of the molecule is Cc1ccc2[nH]c(N=NC(=O)CN3C(=O)COc4ccccc43)c(O)c2c1. The van der Waals surface area contributed by atoms with Crippen LogP contribution in [0.25, 0.3) is 10.9 Å². The van der Waals surface area contributed by atoms with Crippen LogP contribution in [0.3, 0.4) is 0 Å². The van der Waals surface area contributed by atoms with Gasteiger partial charge < -0.3 is 14.8 Å². The van der Waals surface area contributed by atoms with E-state index in [1.807, 2.05) is 25.1 Å². The highest BCUT2D eigenvalue weighted by molar-refractivity contribution is 6.02. The highest BCUT2D eigenvalue weighted by atomic mass is 16.5. The third-order valence-corrected chi connectivity index (χ3v) is 4.27. The molecule has 2 heterocycles. The Morgan fingerprint density at radius 2 is 2.11 bits per heavy atom. The second-order valence-electron chi connectivity index (χ2n) is 6.20. The largest absolute Gasteiger partial charge is 0.504 e. The van der Waals surface area contributed by atoms with E-state index < -0.39 is 5.91 Å². The van der Waals surface area contributed by atoms with E-state index in [2.05, 4.69) is 15.2 Å². The van der Waals surface area contributed by atoms with Gasteiger partial charge in [-0.3, -0.25) is 14.5 Å². The number of ether oxygens (including phenoxy) is 1. The first-order chi connectivity index (χ1) is 13.0. The number of anilines is 1. The highest BCUT2D eigenvalue weighted by Gasteiger charge is 2.27. The van der Waals surface area contributed by atoms with E-state index in [0.29, 0.717) is 22.3 Å². The number of fused-ring (bicyclic) bond motifs is 2. The Bertz CT molecular complexity index is 1090. The van der Waals surface area contributed by atoms with Crippen molar-refractivity contribution in [2.45, 2.75) is 6.92 Å². The standard InChI is InChI=1S/C19H16N4O4/c1-11-6-7-13-12(8-11)18(26)19(20-13)22-21-16(24)9-23-14-4-2-3-5-15(14)27-10-17(23)25/h2-8,20,26H,9-10H2,1H3. The quantitative estimate of drug-likeness (QED) is 0.696. The van der Waals surface area contributed by atoms with E-state index in [9.17, 15) is 14.7 Å². The van der Waals surface area contributed by atoms with Gasteiger partial charge in [0.1, 0.15) is 12.3 Å². The van der Waals surface area contributed by atoms with Crippen molar-refractivity contribution in [3.8, 4) is 11.5 Å². The molecule has 0 fully saturated rings. The number of carbonyl (C=O) groups is 2. The molecule has 8 nitrogen and oxygen atoms in total. The van der Waals surface area contributed by atoms with Crippen LogP contribution in [0.4, 0.5) is 11.5 Å². The molecule has 0 saturated heterocycles. The first-order valence-corrected chi connectivity index (χ1v) is 8.31. The zero-order valence-corrected chi connectivity index (χ0v) is 14.5. The van der Waals surface area contributed by atoms with Crippen molar-refractivity contribution in [3.05, 3.63) is 48.0 Å². The predicted molar refractivity (Wildman–Crippen MR) is 98.5 cm³/mol. The molecule has 0 saturated carbocycles. The maximum atomic E-state index is 12.2. The van der Waals surface area contributed by atoms with Crippen LogP contribution in [-0.2, 0) is 9.59 Å². The normalized spacial score (nSPS) is 13.8. The van der Waals surface area contributed by atoms with Crippen LogP contribution in [0.5, 0.6) is 11.5 Å². The molecule has 1 aromatic heterocycles. The van der Waals surface area contributed by atoms with Gasteiger partial charge in [-0.2, -0.15) is 0 Å². The first kappa shape index (κ1) is 16.8. The summed E-state index contributed by atoms with van der Waals surface area (Å²) in [5.41, 5.74) is 2.19. The number of aromatic amines is 1. The minimum atomic E-state index is -0.616. The second kappa shape index (κ2) is 6.56. The summed E-state index contributed by atoms with van der Waals surface area (Å²) >= 11 is 0. The van der Waals surface area contributed by atoms with Crippen LogP contribution < -0.4 is 9.64 Å². The number of aryl methyl sites for hydroxylation is 1. The second-order valence-corrected chi connectivity index (χ2v) is 6.20. The van der Waals surface area contributed by atoms with Crippen molar-refractivity contribution in [1.82, 2.24) is 4.98 Å². The number of benzene rings is 2. The molecule has 0 aliphatic carbocycles. The van der Waals surface area contributed by atoms with Crippen molar-refractivity contribution >= 4 is 34.2 Å². The molecule has 1 aliphatic rings. The predicted octanol–water partition coefficient (Wildman–Crippen LogP) is 3.22. The molecular weight excluding hydrogens is 348 g/mol. The fourth-order valence-corrected chi connectivity index (χ4v) is 2.95. The zero-order chi connectivity index (χ0) is 19.0. The Morgan fingerprint density at radius 3 is 2.96 bits per heavy atom. The fraction of sp³-hybridized carbons (Fsp3) is 0.158. The first-order valence-electron chi connectivity index (χ1n) is 8.31. The molecule has 0 atom stereocenters. The smallest absolute Gasteiger partial charge is 0.284 e. The Kier molecular flexibility index (Phi) is 4.08. The van der Waals surface area contributed by atoms with Gasteiger partial charge in [0.2, 0.25) is 0 Å². The van der Waals surface area contributed by atoms with Crippen molar-refractivity contribution < 1.29 is 19.4 Å². The lowest BCUT2D eigenvalue weighted by Gasteiger charge is -2.27. The van der Waals surface area contributed by atoms with Gasteiger partial charge in [0.05, 0.1) is 11.2 Å². The third-order valence-electron chi connectivity index (χ3n) is 4.27. The molecule has 0 bridgehead atoms. The summed E-state index contributed by atoms with van der Waals surface area (Å²) < 4.78 is 5.34. The maximum absolute atomic E-state index is 12.2. The van der Waals surface area contributed by atoms with E-state index in [4.69, 9.17) is 4.74 Å².